The molecule has 0 bridgehead atoms. The van der Waals surface area contributed by atoms with Crippen molar-refractivity contribution < 1.29 is 37.5 Å². The molecule has 3 unspecified atom stereocenters. The Labute approximate surface area is 138 Å². The van der Waals surface area contributed by atoms with Crippen molar-refractivity contribution >= 4 is 23.5 Å². The molecular weight excluding hydrogens is 325 g/mol. The third-order valence-electron chi connectivity index (χ3n) is 3.76. The fraction of sp³-hybridized carbons (Fsp3) is 1.00. The van der Waals surface area contributed by atoms with Crippen LogP contribution in [0.2, 0.25) is 0 Å². The molecule has 2 aliphatic heterocycles. The second kappa shape index (κ2) is 8.45. The van der Waals surface area contributed by atoms with Crippen LogP contribution in [0.5, 0.6) is 0 Å². The van der Waals surface area contributed by atoms with Crippen molar-refractivity contribution in [2.24, 2.45) is 0 Å². The molecule has 128 valence electrons. The highest BCUT2D eigenvalue weighted by Crippen LogP contribution is 2.47. The van der Waals surface area contributed by atoms with E-state index in [1.165, 1.54) is 14.2 Å². The summed E-state index contributed by atoms with van der Waals surface area (Å²) in [6.07, 6.45) is -1.28. The Bertz CT molecular complexity index is 428. The van der Waals surface area contributed by atoms with E-state index in [1.807, 2.05) is 0 Å². The summed E-state index contributed by atoms with van der Waals surface area (Å²) in [4.78, 5) is 9.88. The summed E-state index contributed by atoms with van der Waals surface area (Å²) < 4.78 is 43.2. The number of phosphoric ester groups is 1. The molecule has 0 saturated carbocycles. The quantitative estimate of drug-likeness (QED) is 0.474. The SMILES string of the molecule is [B][C@H]1CC(OC)[C@@H](COP(=O)(O)OC2C[C@H]([B])O[C@@H]2COC)O1. The van der Waals surface area contributed by atoms with Gasteiger partial charge in [-0.25, -0.2) is 4.57 Å². The molecular formula is C12H21B2O8P. The highest BCUT2D eigenvalue weighted by atomic mass is 31.2. The van der Waals surface area contributed by atoms with E-state index in [4.69, 9.17) is 43.7 Å². The highest BCUT2D eigenvalue weighted by molar-refractivity contribution is 7.47. The van der Waals surface area contributed by atoms with E-state index >= 15 is 0 Å². The van der Waals surface area contributed by atoms with Gasteiger partial charge in [-0.3, -0.25) is 9.05 Å². The number of phosphoric acid groups is 1. The maximum Gasteiger partial charge on any atom is 0.472 e. The van der Waals surface area contributed by atoms with Gasteiger partial charge >= 0.3 is 7.82 Å². The molecule has 1 N–H and O–H groups in total. The van der Waals surface area contributed by atoms with Crippen molar-refractivity contribution in [3.05, 3.63) is 0 Å². The Hall–Kier alpha value is 0.0799. The number of methoxy groups -OCH3 is 2. The van der Waals surface area contributed by atoms with Crippen LogP contribution in [-0.4, -0.2) is 84.4 Å². The van der Waals surface area contributed by atoms with Crippen LogP contribution in [-0.2, 0) is 32.6 Å². The fourth-order valence-electron chi connectivity index (χ4n) is 2.68. The molecule has 7 atom stereocenters. The minimum atomic E-state index is -4.31. The summed E-state index contributed by atoms with van der Waals surface area (Å²) in [6, 6.07) is -1.06. The lowest BCUT2D eigenvalue weighted by Gasteiger charge is -2.23. The number of rotatable bonds is 8. The topological polar surface area (TPSA) is 92.7 Å². The molecule has 0 amide bonds. The minimum Gasteiger partial charge on any atom is -0.382 e. The normalized spacial score (nSPS) is 40.3. The summed E-state index contributed by atoms with van der Waals surface area (Å²) in [6.45, 7) is 0.0270. The predicted molar refractivity (Wildman–Crippen MR) is 81.4 cm³/mol. The van der Waals surface area contributed by atoms with E-state index in [1.54, 1.807) is 0 Å². The first-order chi connectivity index (χ1) is 10.8. The summed E-state index contributed by atoms with van der Waals surface area (Å²) in [5.41, 5.74) is 0. The van der Waals surface area contributed by atoms with E-state index in [2.05, 4.69) is 0 Å². The van der Waals surface area contributed by atoms with Crippen LogP contribution in [0.25, 0.3) is 0 Å². The van der Waals surface area contributed by atoms with Crippen molar-refractivity contribution in [2.75, 3.05) is 27.4 Å². The molecule has 8 nitrogen and oxygen atoms in total. The summed E-state index contributed by atoms with van der Waals surface area (Å²) in [7, 11) is 10.0. The summed E-state index contributed by atoms with van der Waals surface area (Å²) >= 11 is 0. The summed E-state index contributed by atoms with van der Waals surface area (Å²) in [5, 5.41) is 0. The van der Waals surface area contributed by atoms with Crippen molar-refractivity contribution in [3.8, 4) is 0 Å². The molecule has 23 heavy (non-hydrogen) atoms. The number of ether oxygens (including phenoxy) is 4. The van der Waals surface area contributed by atoms with E-state index in [0.717, 1.165) is 0 Å². The molecule has 11 heteroatoms. The first-order valence-corrected chi connectivity index (χ1v) is 8.83. The number of hydrogen-bond donors (Lipinski definition) is 1. The van der Waals surface area contributed by atoms with Gasteiger partial charge in [0, 0.05) is 26.2 Å². The molecule has 4 radical (unpaired) electrons. The Morgan fingerprint density at radius 1 is 1.09 bits per heavy atom. The lowest BCUT2D eigenvalue weighted by atomic mass is 9.96. The van der Waals surface area contributed by atoms with Crippen LogP contribution in [0.3, 0.4) is 0 Å². The zero-order valence-electron chi connectivity index (χ0n) is 13.2. The number of hydrogen-bond acceptors (Lipinski definition) is 7. The first-order valence-electron chi connectivity index (χ1n) is 7.34. The lowest BCUT2D eigenvalue weighted by molar-refractivity contribution is -0.0367. The van der Waals surface area contributed by atoms with Gasteiger partial charge in [-0.1, -0.05) is 0 Å². The Morgan fingerprint density at radius 3 is 2.22 bits per heavy atom. The van der Waals surface area contributed by atoms with Gasteiger partial charge in [0.05, 0.1) is 25.4 Å². The van der Waals surface area contributed by atoms with Gasteiger partial charge in [0.2, 0.25) is 0 Å². The van der Waals surface area contributed by atoms with Crippen LogP contribution >= 0.6 is 7.82 Å². The molecule has 2 rings (SSSR count). The van der Waals surface area contributed by atoms with Gasteiger partial charge in [0.1, 0.15) is 27.9 Å². The van der Waals surface area contributed by atoms with Crippen molar-refractivity contribution in [1.82, 2.24) is 0 Å². The Balaban J connectivity index is 1.85. The van der Waals surface area contributed by atoms with Crippen LogP contribution in [0.15, 0.2) is 0 Å². The van der Waals surface area contributed by atoms with Gasteiger partial charge in [-0.15, -0.1) is 0 Å². The molecule has 0 aromatic carbocycles. The molecule has 0 aromatic heterocycles. The van der Waals surface area contributed by atoms with Gasteiger partial charge < -0.3 is 23.8 Å². The predicted octanol–water partition coefficient (Wildman–Crippen LogP) is -0.283. The molecule has 2 saturated heterocycles. The van der Waals surface area contributed by atoms with Crippen LogP contribution in [0, 0.1) is 0 Å². The van der Waals surface area contributed by atoms with Crippen LogP contribution in [0.1, 0.15) is 12.8 Å². The maximum absolute atomic E-state index is 12.1. The fourth-order valence-corrected chi connectivity index (χ4v) is 3.64. The van der Waals surface area contributed by atoms with E-state index in [9.17, 15) is 9.46 Å². The zero-order valence-corrected chi connectivity index (χ0v) is 14.1. The highest BCUT2D eigenvalue weighted by Gasteiger charge is 2.40. The van der Waals surface area contributed by atoms with Gasteiger partial charge in [0.25, 0.3) is 0 Å². The third kappa shape index (κ3) is 5.54. The molecule has 2 fully saturated rings. The molecule has 2 aliphatic rings. The van der Waals surface area contributed by atoms with Crippen molar-refractivity contribution in [3.63, 3.8) is 0 Å². The average molecular weight is 346 g/mol. The van der Waals surface area contributed by atoms with Gasteiger partial charge in [-0.05, 0) is 12.8 Å². The second-order valence-electron chi connectivity index (χ2n) is 5.54. The molecule has 2 heterocycles. The Morgan fingerprint density at radius 2 is 1.65 bits per heavy atom. The largest absolute Gasteiger partial charge is 0.472 e. The minimum absolute atomic E-state index is 0.172. The van der Waals surface area contributed by atoms with Crippen molar-refractivity contribution in [2.45, 2.75) is 49.3 Å². The molecule has 0 aliphatic carbocycles. The Kier molecular flexibility index (Phi) is 7.13. The smallest absolute Gasteiger partial charge is 0.382 e. The van der Waals surface area contributed by atoms with E-state index in [-0.39, 0.29) is 25.7 Å². The molecule has 0 aromatic rings. The average Bonchev–Trinajstić information content (AvgIpc) is 2.99. The standard InChI is InChI=1S/C12H21B2O8P/c1-17-5-9-8(4-12(14)20-9)22-23(15,16)19-6-10-7(18-2)3-11(13)21-10/h7-12H,3-6H2,1-2H3,(H,15,16)/t7?,8?,9-,10-,11-,12-/m1/s1. The zero-order chi connectivity index (χ0) is 17.0. The maximum atomic E-state index is 12.1. The van der Waals surface area contributed by atoms with Crippen molar-refractivity contribution in [1.29, 1.82) is 0 Å². The summed E-state index contributed by atoms with van der Waals surface area (Å²) in [5.74, 6) is 0. The van der Waals surface area contributed by atoms with E-state index in [0.29, 0.717) is 6.42 Å². The van der Waals surface area contributed by atoms with Crippen LogP contribution < -0.4 is 0 Å². The lowest BCUT2D eigenvalue weighted by Crippen LogP contribution is -2.30. The van der Waals surface area contributed by atoms with E-state index < -0.39 is 38.1 Å². The molecule has 0 spiro atoms. The second-order valence-corrected chi connectivity index (χ2v) is 6.94. The third-order valence-corrected chi connectivity index (χ3v) is 4.77. The van der Waals surface area contributed by atoms with Crippen LogP contribution in [0.4, 0.5) is 0 Å². The van der Waals surface area contributed by atoms with Gasteiger partial charge in [0.15, 0.2) is 0 Å². The first kappa shape index (κ1) is 19.4. The van der Waals surface area contributed by atoms with Gasteiger partial charge in [-0.2, -0.15) is 0 Å². The monoisotopic (exact) mass is 346 g/mol.